The smallest absolute Gasteiger partial charge is 0.462 e. The number of carbonyl (C=O) groups is 1. The first kappa shape index (κ1) is 14.0. The monoisotopic (exact) mass is 292 g/mol. The number of ether oxygens (including phenoxy) is 1. The molecule has 0 amide bonds. The second-order valence-corrected chi connectivity index (χ2v) is 4.06. The van der Waals surface area contributed by atoms with Crippen LogP contribution in [0.1, 0.15) is 0 Å². The number of rotatable bonds is 6. The van der Waals surface area contributed by atoms with Crippen molar-refractivity contribution in [2.75, 3.05) is 18.5 Å². The summed E-state index contributed by atoms with van der Waals surface area (Å²) in [5.41, 5.74) is 0. The van der Waals surface area contributed by atoms with E-state index in [1.807, 2.05) is 0 Å². The van der Waals surface area contributed by atoms with E-state index in [1.165, 1.54) is 0 Å². The molecular formula is C5H10BrO7P. The second kappa shape index (κ2) is 6.49. The van der Waals surface area contributed by atoms with Crippen LogP contribution in [0.15, 0.2) is 0 Å². The van der Waals surface area contributed by atoms with Crippen LogP contribution < -0.4 is 0 Å². The van der Waals surface area contributed by atoms with E-state index in [-0.39, 0.29) is 11.9 Å². The molecule has 0 aliphatic heterocycles. The zero-order valence-corrected chi connectivity index (χ0v) is 9.48. The molecule has 0 aromatic carbocycles. The van der Waals surface area contributed by atoms with Gasteiger partial charge >= 0.3 is 13.8 Å². The topological polar surface area (TPSA) is 113 Å². The van der Waals surface area contributed by atoms with Gasteiger partial charge in [-0.2, -0.15) is 0 Å². The highest BCUT2D eigenvalue weighted by Gasteiger charge is 2.17. The third-order valence-corrected chi connectivity index (χ3v) is 1.92. The van der Waals surface area contributed by atoms with Crippen molar-refractivity contribution in [3.05, 3.63) is 0 Å². The van der Waals surface area contributed by atoms with Crippen LogP contribution in [0.2, 0.25) is 0 Å². The van der Waals surface area contributed by atoms with Gasteiger partial charge in [0.25, 0.3) is 0 Å². The number of alkyl halides is 1. The number of aliphatic hydroxyl groups is 1. The molecule has 0 fully saturated rings. The largest absolute Gasteiger partial charge is 0.469 e. The van der Waals surface area contributed by atoms with Gasteiger partial charge < -0.3 is 19.6 Å². The van der Waals surface area contributed by atoms with Crippen LogP contribution in [0.3, 0.4) is 0 Å². The van der Waals surface area contributed by atoms with E-state index in [0.29, 0.717) is 0 Å². The average molecular weight is 293 g/mol. The number of hydrogen-bond donors (Lipinski definition) is 3. The molecule has 84 valence electrons. The summed E-state index contributed by atoms with van der Waals surface area (Å²) in [6.45, 7) is -0.968. The Bertz CT molecular complexity index is 226. The number of halogens is 1. The maximum Gasteiger partial charge on any atom is 0.469 e. The number of hydrogen-bond acceptors (Lipinski definition) is 5. The molecule has 0 saturated heterocycles. The molecule has 0 heterocycles. The number of carbonyl (C=O) groups excluding carboxylic acids is 1. The normalized spacial score (nSPS) is 13.7. The van der Waals surface area contributed by atoms with Gasteiger partial charge in [-0.3, -0.25) is 9.32 Å². The summed E-state index contributed by atoms with van der Waals surface area (Å²) in [4.78, 5) is 27.0. The van der Waals surface area contributed by atoms with Gasteiger partial charge in [-0.1, -0.05) is 15.9 Å². The lowest BCUT2D eigenvalue weighted by molar-refractivity contribution is -0.143. The minimum absolute atomic E-state index is 0.0148. The fourth-order valence-corrected chi connectivity index (χ4v) is 0.987. The Labute approximate surface area is 88.4 Å². The van der Waals surface area contributed by atoms with Gasteiger partial charge in [0.2, 0.25) is 0 Å². The van der Waals surface area contributed by atoms with Crippen molar-refractivity contribution in [3.8, 4) is 0 Å². The van der Waals surface area contributed by atoms with Gasteiger partial charge in [-0.25, -0.2) is 4.57 Å². The molecule has 0 aromatic heterocycles. The summed E-state index contributed by atoms with van der Waals surface area (Å²) < 4.78 is 18.6. The van der Waals surface area contributed by atoms with E-state index in [4.69, 9.17) is 14.9 Å². The molecule has 14 heavy (non-hydrogen) atoms. The van der Waals surface area contributed by atoms with Crippen molar-refractivity contribution >= 4 is 29.7 Å². The molecule has 0 saturated carbocycles. The average Bonchev–Trinajstić information content (AvgIpc) is 2.09. The van der Waals surface area contributed by atoms with Crippen molar-refractivity contribution in [1.82, 2.24) is 0 Å². The molecule has 0 spiro atoms. The van der Waals surface area contributed by atoms with E-state index < -0.39 is 26.5 Å². The lowest BCUT2D eigenvalue weighted by atomic mass is 10.4. The summed E-state index contributed by atoms with van der Waals surface area (Å²) in [6, 6.07) is 0. The highest BCUT2D eigenvalue weighted by atomic mass is 79.9. The molecule has 0 bridgehead atoms. The lowest BCUT2D eigenvalue weighted by Gasteiger charge is -2.11. The van der Waals surface area contributed by atoms with Crippen LogP contribution in [0, 0.1) is 0 Å². The minimum Gasteiger partial charge on any atom is -0.462 e. The van der Waals surface area contributed by atoms with Gasteiger partial charge in [0.1, 0.15) is 18.0 Å². The fourth-order valence-electron chi connectivity index (χ4n) is 0.459. The zero-order chi connectivity index (χ0) is 11.2. The molecule has 0 radical (unpaired) electrons. The molecule has 9 heteroatoms. The quantitative estimate of drug-likeness (QED) is 0.340. The van der Waals surface area contributed by atoms with Crippen LogP contribution in [0.25, 0.3) is 0 Å². The Kier molecular flexibility index (Phi) is 6.50. The molecule has 0 aromatic rings. The fraction of sp³-hybridized carbons (Fsp3) is 0.800. The summed E-state index contributed by atoms with van der Waals surface area (Å²) in [7, 11) is -4.58. The van der Waals surface area contributed by atoms with Crippen LogP contribution in [0.5, 0.6) is 0 Å². The standard InChI is InChI=1S/C5H10BrO7P/c6-1-5(8)12-2-4(7)3-13-14(9,10)11/h4,7H,1-3H2,(H2,9,10,11). The Morgan fingerprint density at radius 2 is 2.00 bits per heavy atom. The van der Waals surface area contributed by atoms with E-state index >= 15 is 0 Å². The van der Waals surface area contributed by atoms with Crippen LogP contribution in [-0.2, 0) is 18.6 Å². The van der Waals surface area contributed by atoms with Crippen molar-refractivity contribution < 1.29 is 33.5 Å². The maximum absolute atomic E-state index is 10.5. The highest BCUT2D eigenvalue weighted by Crippen LogP contribution is 2.35. The van der Waals surface area contributed by atoms with E-state index in [9.17, 15) is 9.36 Å². The zero-order valence-electron chi connectivity index (χ0n) is 7.00. The van der Waals surface area contributed by atoms with E-state index in [2.05, 4.69) is 25.2 Å². The number of phosphoric ester groups is 1. The van der Waals surface area contributed by atoms with E-state index in [1.54, 1.807) is 0 Å². The molecule has 3 N–H and O–H groups in total. The Hall–Kier alpha value is 0.0200. The molecule has 7 nitrogen and oxygen atoms in total. The van der Waals surface area contributed by atoms with Crippen molar-refractivity contribution in [2.24, 2.45) is 0 Å². The number of esters is 1. The van der Waals surface area contributed by atoms with Crippen LogP contribution in [0.4, 0.5) is 0 Å². The molecule has 0 aliphatic rings. The van der Waals surface area contributed by atoms with Gasteiger partial charge in [-0.15, -0.1) is 0 Å². The molecule has 0 rings (SSSR count). The Morgan fingerprint density at radius 1 is 1.43 bits per heavy atom. The highest BCUT2D eigenvalue weighted by molar-refractivity contribution is 9.09. The van der Waals surface area contributed by atoms with E-state index in [0.717, 1.165) is 0 Å². The SMILES string of the molecule is O=C(CBr)OCC(O)COP(=O)(O)O. The summed E-state index contributed by atoms with van der Waals surface area (Å²) in [6.07, 6.45) is -1.26. The first-order valence-corrected chi connectivity index (χ1v) is 6.10. The second-order valence-electron chi connectivity index (χ2n) is 2.26. The molecule has 1 atom stereocenters. The van der Waals surface area contributed by atoms with Crippen LogP contribution in [-0.4, -0.2) is 45.5 Å². The van der Waals surface area contributed by atoms with Gasteiger partial charge in [0.05, 0.1) is 6.61 Å². The number of aliphatic hydroxyl groups excluding tert-OH is 1. The van der Waals surface area contributed by atoms with Gasteiger partial charge in [0.15, 0.2) is 0 Å². The maximum atomic E-state index is 10.5. The lowest BCUT2D eigenvalue weighted by Crippen LogP contribution is -2.23. The summed E-state index contributed by atoms with van der Waals surface area (Å²) >= 11 is 2.82. The molecule has 1 unspecified atom stereocenters. The third-order valence-electron chi connectivity index (χ3n) is 0.981. The first-order valence-electron chi connectivity index (χ1n) is 3.45. The molecule has 0 aliphatic carbocycles. The van der Waals surface area contributed by atoms with Crippen molar-refractivity contribution in [3.63, 3.8) is 0 Å². The van der Waals surface area contributed by atoms with Gasteiger partial charge in [0, 0.05) is 0 Å². The predicted octanol–water partition coefficient (Wildman–Crippen LogP) is -0.605. The first-order chi connectivity index (χ1) is 6.35. The predicted molar refractivity (Wildman–Crippen MR) is 48.8 cm³/mol. The minimum atomic E-state index is -4.58. The van der Waals surface area contributed by atoms with Crippen molar-refractivity contribution in [1.29, 1.82) is 0 Å². The molecular weight excluding hydrogens is 283 g/mol. The van der Waals surface area contributed by atoms with Crippen LogP contribution >= 0.6 is 23.8 Å². The van der Waals surface area contributed by atoms with Crippen molar-refractivity contribution in [2.45, 2.75) is 6.10 Å². The summed E-state index contributed by atoms with van der Waals surface area (Å²) in [5.74, 6) is -0.583. The Morgan fingerprint density at radius 3 is 2.43 bits per heavy atom. The van der Waals surface area contributed by atoms with Gasteiger partial charge in [-0.05, 0) is 0 Å². The summed E-state index contributed by atoms with van der Waals surface area (Å²) in [5, 5.41) is 8.98. The third kappa shape index (κ3) is 8.61. The Balaban J connectivity index is 3.61. The number of phosphoric acid groups is 1.